The molecule has 0 aliphatic carbocycles. The molecule has 5 N–H and O–H groups in total. The fraction of sp³-hybridized carbons (Fsp3) is 0.818. The van der Waals surface area contributed by atoms with Gasteiger partial charge in [-0.1, -0.05) is 76.9 Å². The molecule has 0 fully saturated rings. The van der Waals surface area contributed by atoms with E-state index in [4.69, 9.17) is 15.9 Å². The zero-order chi connectivity index (χ0) is 21.9. The Balaban J connectivity index is 4.09. The summed E-state index contributed by atoms with van der Waals surface area (Å²) in [5, 5.41) is 27.6. The average molecular weight is 432 g/mol. The summed E-state index contributed by atoms with van der Waals surface area (Å²) in [5.74, 6) is -1.86. The molecule has 170 valence electrons. The van der Waals surface area contributed by atoms with Crippen molar-refractivity contribution in [2.75, 3.05) is 5.75 Å². The first-order valence-electron chi connectivity index (χ1n) is 11.0. The van der Waals surface area contributed by atoms with Crippen molar-refractivity contribution in [3.05, 3.63) is 12.2 Å². The maximum absolute atomic E-state index is 10.9. The van der Waals surface area contributed by atoms with Crippen LogP contribution in [-0.4, -0.2) is 50.4 Å². The average Bonchev–Trinajstić information content (AvgIpc) is 2.68. The maximum atomic E-state index is 10.9. The van der Waals surface area contributed by atoms with Crippen LogP contribution in [0.3, 0.4) is 0 Å². The second kappa shape index (κ2) is 18.9. The third-order valence-corrected chi connectivity index (χ3v) is 6.28. The Morgan fingerprint density at radius 1 is 0.966 bits per heavy atom. The number of hydrogen-bond donors (Lipinski definition) is 4. The Labute approximate surface area is 180 Å². The van der Waals surface area contributed by atoms with Gasteiger partial charge in [0, 0.05) is 17.4 Å². The summed E-state index contributed by atoms with van der Waals surface area (Å²) in [5.41, 5.74) is 5.54. The highest BCUT2D eigenvalue weighted by atomic mass is 32.2. The molecule has 0 aliphatic heterocycles. The lowest BCUT2D eigenvalue weighted by Crippen LogP contribution is -2.34. The molecule has 0 radical (unpaired) electrons. The molecule has 0 saturated carbocycles. The number of carbonyl (C=O) groups is 2. The Bertz CT molecular complexity index is 458. The lowest BCUT2D eigenvalue weighted by atomic mass is 10.1. The second-order valence-electron chi connectivity index (χ2n) is 7.64. The Morgan fingerprint density at radius 2 is 1.52 bits per heavy atom. The quantitative estimate of drug-likeness (QED) is 0.164. The van der Waals surface area contributed by atoms with E-state index in [1.165, 1.54) is 69.5 Å². The van der Waals surface area contributed by atoms with Gasteiger partial charge in [0.05, 0.1) is 6.10 Å². The van der Waals surface area contributed by atoms with E-state index in [2.05, 4.69) is 6.92 Å². The molecule has 6 nitrogen and oxygen atoms in total. The second-order valence-corrected chi connectivity index (χ2v) is 8.85. The molecular weight excluding hydrogens is 390 g/mol. The normalized spacial score (nSPS) is 14.7. The standard InChI is InChI=1S/C22H41NO5S/c1-2-3-4-5-6-7-8-9-10-11-12-13-14-20(19(24)15-16-21(25)26)29-17-18(23)22(27)28/h13-14,18-20,24H,2-12,15-17,23H2,1H3,(H,25,26)(H,27,28)/t18?,19-,20+/m1/s1. The topological polar surface area (TPSA) is 121 Å². The number of thioether (sulfide) groups is 1. The molecule has 29 heavy (non-hydrogen) atoms. The van der Waals surface area contributed by atoms with E-state index in [1.807, 2.05) is 12.2 Å². The largest absolute Gasteiger partial charge is 0.481 e. The highest BCUT2D eigenvalue weighted by Crippen LogP contribution is 2.21. The van der Waals surface area contributed by atoms with E-state index in [0.29, 0.717) is 0 Å². The lowest BCUT2D eigenvalue weighted by Gasteiger charge is -2.20. The molecule has 0 aromatic rings. The Hall–Kier alpha value is -1.05. The molecule has 1 unspecified atom stereocenters. The third kappa shape index (κ3) is 17.5. The molecule has 0 spiro atoms. The van der Waals surface area contributed by atoms with E-state index >= 15 is 0 Å². The summed E-state index contributed by atoms with van der Waals surface area (Å²) in [7, 11) is 0. The van der Waals surface area contributed by atoms with Crippen molar-refractivity contribution in [2.24, 2.45) is 5.73 Å². The number of nitrogens with two attached hydrogens (primary N) is 1. The van der Waals surface area contributed by atoms with Crippen LogP contribution in [0.2, 0.25) is 0 Å². The summed E-state index contributed by atoms with van der Waals surface area (Å²) >= 11 is 1.27. The number of carboxylic acids is 2. The number of aliphatic hydroxyl groups excluding tert-OH is 1. The molecule has 3 atom stereocenters. The molecule has 7 heteroatoms. The first kappa shape index (κ1) is 27.9. The van der Waals surface area contributed by atoms with Crippen LogP contribution in [0.5, 0.6) is 0 Å². The molecular formula is C22H41NO5S. The van der Waals surface area contributed by atoms with Gasteiger partial charge in [-0.05, 0) is 19.3 Å². The van der Waals surface area contributed by atoms with Gasteiger partial charge in [0.25, 0.3) is 0 Å². The molecule has 0 aromatic heterocycles. The third-order valence-electron chi connectivity index (χ3n) is 4.87. The number of rotatable bonds is 20. The summed E-state index contributed by atoms with van der Waals surface area (Å²) in [6, 6.07) is -0.996. The minimum Gasteiger partial charge on any atom is -0.481 e. The van der Waals surface area contributed by atoms with Gasteiger partial charge in [0.15, 0.2) is 0 Å². The van der Waals surface area contributed by atoms with Crippen molar-refractivity contribution < 1.29 is 24.9 Å². The Kier molecular flexibility index (Phi) is 18.3. The highest BCUT2D eigenvalue weighted by Gasteiger charge is 2.21. The zero-order valence-corrected chi connectivity index (χ0v) is 18.7. The van der Waals surface area contributed by atoms with E-state index < -0.39 is 24.1 Å². The number of aliphatic carboxylic acids is 2. The first-order valence-corrected chi connectivity index (χ1v) is 12.1. The molecule has 0 bridgehead atoms. The minimum atomic E-state index is -1.08. The van der Waals surface area contributed by atoms with Crippen molar-refractivity contribution in [3.63, 3.8) is 0 Å². The molecule has 0 heterocycles. The smallest absolute Gasteiger partial charge is 0.321 e. The van der Waals surface area contributed by atoms with Crippen molar-refractivity contribution in [1.29, 1.82) is 0 Å². The summed E-state index contributed by atoms with van der Waals surface area (Å²) in [4.78, 5) is 21.6. The molecule has 0 amide bonds. The van der Waals surface area contributed by atoms with Crippen molar-refractivity contribution in [3.8, 4) is 0 Å². The van der Waals surface area contributed by atoms with Gasteiger partial charge in [-0.3, -0.25) is 9.59 Å². The van der Waals surface area contributed by atoms with Crippen LogP contribution < -0.4 is 5.73 Å². The zero-order valence-electron chi connectivity index (χ0n) is 17.9. The van der Waals surface area contributed by atoms with Gasteiger partial charge in [-0.25, -0.2) is 0 Å². The number of hydrogen-bond acceptors (Lipinski definition) is 5. The fourth-order valence-electron chi connectivity index (χ4n) is 3.00. The van der Waals surface area contributed by atoms with Crippen LogP contribution in [0, 0.1) is 0 Å². The fourth-order valence-corrected chi connectivity index (χ4v) is 4.15. The SMILES string of the molecule is CCCCCCCCCCCCC=C[C@H](SCC(N)C(=O)O)[C@H](O)CCC(=O)O. The van der Waals surface area contributed by atoms with Gasteiger partial charge in [-0.15, -0.1) is 11.8 Å². The highest BCUT2D eigenvalue weighted by molar-refractivity contribution is 8.00. The van der Waals surface area contributed by atoms with E-state index in [9.17, 15) is 14.7 Å². The molecule has 0 aliphatic rings. The van der Waals surface area contributed by atoms with Gasteiger partial charge < -0.3 is 21.1 Å². The van der Waals surface area contributed by atoms with Crippen LogP contribution in [0.1, 0.15) is 90.4 Å². The predicted octanol–water partition coefficient (Wildman–Crippen LogP) is 4.59. The monoisotopic (exact) mass is 431 g/mol. The summed E-state index contributed by atoms with van der Waals surface area (Å²) < 4.78 is 0. The molecule has 0 saturated heterocycles. The van der Waals surface area contributed by atoms with Gasteiger partial charge in [0.2, 0.25) is 0 Å². The van der Waals surface area contributed by atoms with Crippen molar-refractivity contribution in [2.45, 2.75) is 108 Å². The first-order chi connectivity index (χ1) is 13.9. The molecule has 0 aromatic carbocycles. The number of allylic oxidation sites excluding steroid dienone is 1. The van der Waals surface area contributed by atoms with E-state index in [0.717, 1.165) is 12.8 Å². The van der Waals surface area contributed by atoms with Crippen molar-refractivity contribution >= 4 is 23.7 Å². The number of unbranched alkanes of at least 4 members (excludes halogenated alkanes) is 10. The number of carboxylic acid groups (broad SMARTS) is 2. The summed E-state index contributed by atoms with van der Waals surface area (Å²) in [6.45, 7) is 2.23. The Morgan fingerprint density at radius 3 is 2.03 bits per heavy atom. The van der Waals surface area contributed by atoms with Crippen LogP contribution in [0.25, 0.3) is 0 Å². The van der Waals surface area contributed by atoms with Crippen LogP contribution in [0.15, 0.2) is 12.2 Å². The van der Waals surface area contributed by atoms with Gasteiger partial charge in [0.1, 0.15) is 6.04 Å². The molecule has 0 rings (SSSR count). The van der Waals surface area contributed by atoms with Crippen molar-refractivity contribution in [1.82, 2.24) is 0 Å². The van der Waals surface area contributed by atoms with Crippen LogP contribution in [0.4, 0.5) is 0 Å². The van der Waals surface area contributed by atoms with Crippen LogP contribution >= 0.6 is 11.8 Å². The maximum Gasteiger partial charge on any atom is 0.321 e. The van der Waals surface area contributed by atoms with Gasteiger partial charge in [-0.2, -0.15) is 0 Å². The van der Waals surface area contributed by atoms with E-state index in [1.54, 1.807) is 0 Å². The van der Waals surface area contributed by atoms with Crippen LogP contribution in [-0.2, 0) is 9.59 Å². The van der Waals surface area contributed by atoms with Gasteiger partial charge >= 0.3 is 11.9 Å². The minimum absolute atomic E-state index is 0.116. The predicted molar refractivity (Wildman–Crippen MR) is 120 cm³/mol. The summed E-state index contributed by atoms with van der Waals surface area (Å²) in [6.07, 6.45) is 16.8. The number of aliphatic hydroxyl groups is 1. The van der Waals surface area contributed by atoms with E-state index in [-0.39, 0.29) is 23.8 Å². The lowest BCUT2D eigenvalue weighted by molar-refractivity contribution is -0.138.